The van der Waals surface area contributed by atoms with Gasteiger partial charge in [-0.05, 0) is 18.9 Å². The molecule has 20 heavy (non-hydrogen) atoms. The molecule has 0 radical (unpaired) electrons. The van der Waals surface area contributed by atoms with E-state index in [4.69, 9.17) is 14.2 Å². The molecule has 1 aliphatic rings. The topological polar surface area (TPSA) is 65.0 Å². The predicted octanol–water partition coefficient (Wildman–Crippen LogP) is 1.76. The molecule has 5 nitrogen and oxygen atoms in total. The van der Waals surface area contributed by atoms with Gasteiger partial charge in [-0.3, -0.25) is 4.79 Å². The summed E-state index contributed by atoms with van der Waals surface area (Å²) in [5.74, 6) is 1.39. The number of aliphatic hydroxyl groups excluding tert-OH is 1. The van der Waals surface area contributed by atoms with Crippen LogP contribution in [0.25, 0.3) is 0 Å². The maximum Gasteiger partial charge on any atom is 0.167 e. The van der Waals surface area contributed by atoms with E-state index in [1.54, 1.807) is 6.07 Å². The molecule has 0 saturated carbocycles. The summed E-state index contributed by atoms with van der Waals surface area (Å²) in [6.45, 7) is 1.74. The van der Waals surface area contributed by atoms with Crippen molar-refractivity contribution < 1.29 is 24.1 Å². The Morgan fingerprint density at radius 2 is 2.15 bits per heavy atom. The van der Waals surface area contributed by atoms with Crippen LogP contribution in [0.15, 0.2) is 17.7 Å². The maximum atomic E-state index is 11.8. The minimum Gasteiger partial charge on any atom is -0.496 e. The van der Waals surface area contributed by atoms with Crippen molar-refractivity contribution >= 4 is 5.78 Å². The molecule has 0 unspecified atom stereocenters. The molecular weight excluding hydrogens is 260 g/mol. The third-order valence-electron chi connectivity index (χ3n) is 3.29. The summed E-state index contributed by atoms with van der Waals surface area (Å²) in [4.78, 5) is 11.8. The molecule has 0 aromatic heterocycles. The van der Waals surface area contributed by atoms with E-state index in [1.165, 1.54) is 21.1 Å². The zero-order valence-corrected chi connectivity index (χ0v) is 11.9. The van der Waals surface area contributed by atoms with Crippen molar-refractivity contribution in [3.8, 4) is 17.2 Å². The van der Waals surface area contributed by atoms with Gasteiger partial charge in [0.05, 0.1) is 20.8 Å². The smallest absolute Gasteiger partial charge is 0.167 e. The highest BCUT2D eigenvalue weighted by Gasteiger charge is 2.24. The highest BCUT2D eigenvalue weighted by atomic mass is 16.5. The Kier molecular flexibility index (Phi) is 4.29. The maximum absolute atomic E-state index is 11.8. The number of fused-ring (bicyclic) bond motifs is 1. The lowest BCUT2D eigenvalue weighted by Crippen LogP contribution is -2.07. The van der Waals surface area contributed by atoms with Crippen molar-refractivity contribution in [2.24, 2.45) is 0 Å². The van der Waals surface area contributed by atoms with E-state index < -0.39 is 0 Å². The number of ether oxygens (including phenoxy) is 3. The van der Waals surface area contributed by atoms with Gasteiger partial charge in [0.15, 0.2) is 5.78 Å². The Morgan fingerprint density at radius 1 is 1.40 bits per heavy atom. The zero-order valence-electron chi connectivity index (χ0n) is 11.9. The van der Waals surface area contributed by atoms with E-state index in [-0.39, 0.29) is 12.4 Å². The number of Topliss-reactive ketones (excluding diaryl/α,β-unsaturated/α-hetero) is 1. The van der Waals surface area contributed by atoms with Crippen molar-refractivity contribution in [2.45, 2.75) is 13.3 Å². The van der Waals surface area contributed by atoms with E-state index in [2.05, 4.69) is 0 Å². The van der Waals surface area contributed by atoms with Crippen LogP contribution in [0.2, 0.25) is 0 Å². The van der Waals surface area contributed by atoms with E-state index in [0.717, 1.165) is 11.1 Å². The Balaban J connectivity index is 2.61. The second-order valence-corrected chi connectivity index (χ2v) is 4.53. The van der Waals surface area contributed by atoms with Crippen LogP contribution in [0.1, 0.15) is 22.8 Å². The Hall–Kier alpha value is -2.01. The normalized spacial score (nSPS) is 13.7. The van der Waals surface area contributed by atoms with Gasteiger partial charge in [0.25, 0.3) is 0 Å². The number of allylic oxidation sites excluding steroid dienone is 1. The molecule has 1 heterocycles. The van der Waals surface area contributed by atoms with Gasteiger partial charge >= 0.3 is 0 Å². The van der Waals surface area contributed by atoms with Crippen LogP contribution in [-0.4, -0.2) is 38.3 Å². The summed E-state index contributed by atoms with van der Waals surface area (Å²) in [7, 11) is 3.02. The standard InChI is InChI=1S/C15H18O5/c1-9(17)14-13(18-2)6-12-11(15(14)19-3)5-4-10(7-16)8-20-12/h4,6,16H,5,7-8H2,1-3H3. The zero-order chi connectivity index (χ0) is 14.7. The number of ketones is 1. The Bertz CT molecular complexity index is 560. The Morgan fingerprint density at radius 3 is 2.70 bits per heavy atom. The summed E-state index contributed by atoms with van der Waals surface area (Å²) in [5.41, 5.74) is 2.01. The predicted molar refractivity (Wildman–Crippen MR) is 73.9 cm³/mol. The molecule has 1 aliphatic heterocycles. The van der Waals surface area contributed by atoms with Gasteiger partial charge in [0, 0.05) is 11.6 Å². The number of methoxy groups -OCH3 is 2. The van der Waals surface area contributed by atoms with E-state index in [1.807, 2.05) is 6.08 Å². The van der Waals surface area contributed by atoms with Gasteiger partial charge in [-0.15, -0.1) is 0 Å². The molecular formula is C15H18O5. The lowest BCUT2D eigenvalue weighted by molar-refractivity contribution is 0.101. The molecule has 1 aromatic carbocycles. The first-order valence-electron chi connectivity index (χ1n) is 6.32. The number of carbonyl (C=O) groups excluding carboxylic acids is 1. The lowest BCUT2D eigenvalue weighted by atomic mass is 10.0. The van der Waals surface area contributed by atoms with Crippen LogP contribution < -0.4 is 14.2 Å². The average Bonchev–Trinajstić information content (AvgIpc) is 2.66. The molecule has 0 amide bonds. The molecule has 0 spiro atoms. The van der Waals surface area contributed by atoms with Gasteiger partial charge in [0.1, 0.15) is 29.4 Å². The fourth-order valence-corrected chi connectivity index (χ4v) is 2.28. The monoisotopic (exact) mass is 278 g/mol. The van der Waals surface area contributed by atoms with Crippen LogP contribution in [0, 0.1) is 0 Å². The van der Waals surface area contributed by atoms with Gasteiger partial charge in [-0.1, -0.05) is 6.08 Å². The van der Waals surface area contributed by atoms with Crippen LogP contribution in [-0.2, 0) is 6.42 Å². The second-order valence-electron chi connectivity index (χ2n) is 4.53. The highest BCUT2D eigenvalue weighted by Crippen LogP contribution is 2.41. The van der Waals surface area contributed by atoms with Gasteiger partial charge in [-0.2, -0.15) is 0 Å². The van der Waals surface area contributed by atoms with E-state index >= 15 is 0 Å². The summed E-state index contributed by atoms with van der Waals surface area (Å²) >= 11 is 0. The quantitative estimate of drug-likeness (QED) is 0.671. The van der Waals surface area contributed by atoms with Gasteiger partial charge in [0.2, 0.25) is 0 Å². The first-order chi connectivity index (χ1) is 9.62. The third-order valence-corrected chi connectivity index (χ3v) is 3.29. The fourth-order valence-electron chi connectivity index (χ4n) is 2.28. The van der Waals surface area contributed by atoms with Crippen LogP contribution in [0.5, 0.6) is 17.2 Å². The molecule has 5 heteroatoms. The molecule has 1 aromatic rings. The van der Waals surface area contributed by atoms with Crippen LogP contribution >= 0.6 is 0 Å². The number of carbonyl (C=O) groups is 1. The fraction of sp³-hybridized carbons (Fsp3) is 0.400. The average molecular weight is 278 g/mol. The number of hydrogen-bond donors (Lipinski definition) is 1. The van der Waals surface area contributed by atoms with Gasteiger partial charge in [-0.25, -0.2) is 0 Å². The number of aliphatic hydroxyl groups is 1. The molecule has 2 rings (SSSR count). The largest absolute Gasteiger partial charge is 0.496 e. The molecule has 0 fully saturated rings. The molecule has 0 aliphatic carbocycles. The molecule has 0 saturated heterocycles. The Labute approximate surface area is 117 Å². The van der Waals surface area contributed by atoms with Crippen molar-refractivity contribution in [3.05, 3.63) is 28.8 Å². The minimum atomic E-state index is -0.128. The van der Waals surface area contributed by atoms with Gasteiger partial charge < -0.3 is 19.3 Å². The molecule has 0 bridgehead atoms. The summed E-state index contributed by atoms with van der Waals surface area (Å²) in [6, 6.07) is 1.70. The molecule has 0 atom stereocenters. The lowest BCUT2D eigenvalue weighted by Gasteiger charge is -2.17. The van der Waals surface area contributed by atoms with Crippen LogP contribution in [0.3, 0.4) is 0 Å². The SMILES string of the molecule is COc1cc2c(c(OC)c1C(C)=O)CC=C(CO)CO2. The first-order valence-corrected chi connectivity index (χ1v) is 6.32. The third kappa shape index (κ3) is 2.49. The van der Waals surface area contributed by atoms with Crippen molar-refractivity contribution in [3.63, 3.8) is 0 Å². The number of benzene rings is 1. The summed E-state index contributed by atoms with van der Waals surface area (Å²) < 4.78 is 16.3. The van der Waals surface area contributed by atoms with Crippen molar-refractivity contribution in [1.29, 1.82) is 0 Å². The minimum absolute atomic E-state index is 0.0486. The second kappa shape index (κ2) is 5.96. The first kappa shape index (κ1) is 14.4. The molecule has 108 valence electrons. The number of hydrogen-bond acceptors (Lipinski definition) is 5. The van der Waals surface area contributed by atoms with E-state index in [0.29, 0.717) is 35.8 Å². The summed E-state index contributed by atoms with van der Waals surface area (Å²) in [5, 5.41) is 9.21. The molecule has 1 N–H and O–H groups in total. The highest BCUT2D eigenvalue weighted by molar-refractivity contribution is 6.00. The van der Waals surface area contributed by atoms with Crippen LogP contribution in [0.4, 0.5) is 0 Å². The summed E-state index contributed by atoms with van der Waals surface area (Å²) in [6.07, 6.45) is 2.43. The van der Waals surface area contributed by atoms with E-state index in [9.17, 15) is 9.90 Å². The van der Waals surface area contributed by atoms with Crippen molar-refractivity contribution in [1.82, 2.24) is 0 Å². The number of rotatable bonds is 4. The van der Waals surface area contributed by atoms with Crippen molar-refractivity contribution in [2.75, 3.05) is 27.4 Å².